The number of alkyl halides is 3. The molecule has 0 atom stereocenters. The van der Waals surface area contributed by atoms with Crippen LogP contribution in [0.1, 0.15) is 22.3 Å². The van der Waals surface area contributed by atoms with Gasteiger partial charge in [0.2, 0.25) is 0 Å². The van der Waals surface area contributed by atoms with Gasteiger partial charge < -0.3 is 10.5 Å². The van der Waals surface area contributed by atoms with Crippen molar-refractivity contribution >= 4 is 12.4 Å². The maximum atomic E-state index is 12.7. The van der Waals surface area contributed by atoms with Crippen LogP contribution in [-0.4, -0.2) is 0 Å². The number of ether oxygens (including phenoxy) is 1. The molecular formula is C22H21ClF3NO. The summed E-state index contributed by atoms with van der Waals surface area (Å²) >= 11 is 0. The molecule has 3 rings (SSSR count). The zero-order valence-electron chi connectivity index (χ0n) is 15.3. The highest BCUT2D eigenvalue weighted by atomic mass is 35.5. The van der Waals surface area contributed by atoms with Gasteiger partial charge in [0, 0.05) is 12.1 Å². The molecule has 6 heteroatoms. The predicted octanol–water partition coefficient (Wildman–Crippen LogP) is 6.14. The summed E-state index contributed by atoms with van der Waals surface area (Å²) in [5, 5.41) is 0. The summed E-state index contributed by atoms with van der Waals surface area (Å²) < 4.78 is 44.2. The van der Waals surface area contributed by atoms with Gasteiger partial charge in [-0.2, -0.15) is 13.2 Å². The van der Waals surface area contributed by atoms with E-state index in [1.54, 1.807) is 0 Å². The quantitative estimate of drug-likeness (QED) is 0.551. The van der Waals surface area contributed by atoms with E-state index in [2.05, 4.69) is 0 Å². The number of nitrogens with two attached hydrogens (primary N) is 1. The van der Waals surface area contributed by atoms with Crippen LogP contribution < -0.4 is 10.5 Å². The van der Waals surface area contributed by atoms with Crippen LogP contribution in [0.4, 0.5) is 13.2 Å². The fraction of sp³-hybridized carbons (Fsp3) is 0.182. The van der Waals surface area contributed by atoms with Gasteiger partial charge in [0.05, 0.1) is 5.56 Å². The Balaban J connectivity index is 0.00000280. The van der Waals surface area contributed by atoms with Gasteiger partial charge in [0.1, 0.15) is 12.4 Å². The Labute approximate surface area is 168 Å². The average molecular weight is 408 g/mol. The van der Waals surface area contributed by atoms with Gasteiger partial charge >= 0.3 is 6.18 Å². The van der Waals surface area contributed by atoms with E-state index in [9.17, 15) is 13.2 Å². The molecule has 0 aliphatic carbocycles. The highest BCUT2D eigenvalue weighted by Crippen LogP contribution is 2.34. The molecule has 0 aliphatic rings. The average Bonchev–Trinajstić information content (AvgIpc) is 2.66. The first-order chi connectivity index (χ1) is 12.9. The third kappa shape index (κ3) is 5.06. The Morgan fingerprint density at radius 2 is 1.54 bits per heavy atom. The van der Waals surface area contributed by atoms with E-state index in [0.29, 0.717) is 12.2 Å². The topological polar surface area (TPSA) is 35.2 Å². The number of hydrogen-bond acceptors (Lipinski definition) is 2. The van der Waals surface area contributed by atoms with Crippen molar-refractivity contribution in [2.24, 2.45) is 5.73 Å². The Kier molecular flexibility index (Phi) is 7.11. The number of aryl methyl sites for hydroxylation is 1. The fourth-order valence-corrected chi connectivity index (χ4v) is 2.95. The van der Waals surface area contributed by atoms with Crippen molar-refractivity contribution in [2.45, 2.75) is 26.3 Å². The lowest BCUT2D eigenvalue weighted by molar-refractivity contribution is -0.137. The summed E-state index contributed by atoms with van der Waals surface area (Å²) in [5.74, 6) is 0.719. The molecule has 0 amide bonds. The highest BCUT2D eigenvalue weighted by Gasteiger charge is 2.30. The largest absolute Gasteiger partial charge is 0.488 e. The van der Waals surface area contributed by atoms with E-state index in [4.69, 9.17) is 10.5 Å². The molecule has 148 valence electrons. The molecule has 3 aromatic rings. The summed E-state index contributed by atoms with van der Waals surface area (Å²) in [7, 11) is 0. The Hall–Kier alpha value is -2.50. The van der Waals surface area contributed by atoms with Gasteiger partial charge in [-0.15, -0.1) is 12.4 Å². The molecule has 0 saturated heterocycles. The van der Waals surface area contributed by atoms with Gasteiger partial charge in [-0.25, -0.2) is 0 Å². The van der Waals surface area contributed by atoms with Gasteiger partial charge in [0.25, 0.3) is 0 Å². The Bertz CT molecular complexity index is 910. The minimum Gasteiger partial charge on any atom is -0.488 e. The first kappa shape index (κ1) is 21.8. The predicted molar refractivity (Wildman–Crippen MR) is 108 cm³/mol. The maximum absolute atomic E-state index is 12.7. The third-order valence-electron chi connectivity index (χ3n) is 4.34. The SMILES string of the molecule is Cc1cc(-c2ccc(C(F)(F)F)cc2)cc(CN)c1OCc1ccccc1.Cl. The van der Waals surface area contributed by atoms with Crippen LogP contribution in [0.3, 0.4) is 0 Å². The van der Waals surface area contributed by atoms with E-state index < -0.39 is 11.7 Å². The Morgan fingerprint density at radius 1 is 0.893 bits per heavy atom. The molecule has 3 aromatic carbocycles. The molecule has 0 spiro atoms. The molecule has 0 saturated carbocycles. The second-order valence-corrected chi connectivity index (χ2v) is 6.33. The normalized spacial score (nSPS) is 11.0. The van der Waals surface area contributed by atoms with Crippen molar-refractivity contribution in [2.75, 3.05) is 0 Å². The molecule has 28 heavy (non-hydrogen) atoms. The molecule has 0 aliphatic heterocycles. The minimum absolute atomic E-state index is 0. The van der Waals surface area contributed by atoms with Crippen LogP contribution in [0.2, 0.25) is 0 Å². The van der Waals surface area contributed by atoms with Crippen LogP contribution in [0.25, 0.3) is 11.1 Å². The summed E-state index contributed by atoms with van der Waals surface area (Å²) in [6.45, 7) is 2.61. The zero-order valence-corrected chi connectivity index (χ0v) is 16.1. The van der Waals surface area contributed by atoms with Crippen molar-refractivity contribution in [3.8, 4) is 16.9 Å². The van der Waals surface area contributed by atoms with Crippen molar-refractivity contribution in [1.29, 1.82) is 0 Å². The summed E-state index contributed by atoms with van der Waals surface area (Å²) in [6, 6.07) is 18.7. The van der Waals surface area contributed by atoms with Gasteiger partial charge in [0.15, 0.2) is 0 Å². The van der Waals surface area contributed by atoms with Crippen LogP contribution >= 0.6 is 12.4 Å². The first-order valence-corrected chi connectivity index (χ1v) is 8.56. The molecule has 0 aromatic heterocycles. The lowest BCUT2D eigenvalue weighted by atomic mass is 9.98. The summed E-state index contributed by atoms with van der Waals surface area (Å²) in [4.78, 5) is 0. The summed E-state index contributed by atoms with van der Waals surface area (Å²) in [5.41, 5.74) is 9.50. The number of rotatable bonds is 5. The number of hydrogen-bond donors (Lipinski definition) is 1. The van der Waals surface area contributed by atoms with Gasteiger partial charge in [-0.05, 0) is 53.4 Å². The number of halogens is 4. The van der Waals surface area contributed by atoms with E-state index in [1.807, 2.05) is 49.4 Å². The molecule has 2 nitrogen and oxygen atoms in total. The number of benzene rings is 3. The standard InChI is InChI=1S/C22H20F3NO.ClH/c1-15-11-18(17-7-9-20(10-8-17)22(23,24)25)12-19(13-26)21(15)27-14-16-5-3-2-4-6-16;/h2-12H,13-14,26H2,1H3;1H. The van der Waals surface area contributed by atoms with Crippen molar-refractivity contribution in [3.05, 3.63) is 89.0 Å². The van der Waals surface area contributed by atoms with E-state index in [1.165, 1.54) is 12.1 Å². The molecule has 0 fully saturated rings. The van der Waals surface area contributed by atoms with Crippen molar-refractivity contribution in [3.63, 3.8) is 0 Å². The second-order valence-electron chi connectivity index (χ2n) is 6.33. The van der Waals surface area contributed by atoms with E-state index in [0.717, 1.165) is 40.1 Å². The maximum Gasteiger partial charge on any atom is 0.416 e. The lowest BCUT2D eigenvalue weighted by Gasteiger charge is -2.16. The molecule has 0 heterocycles. The molecule has 0 radical (unpaired) electrons. The van der Waals surface area contributed by atoms with Gasteiger partial charge in [-0.3, -0.25) is 0 Å². The highest BCUT2D eigenvalue weighted by molar-refractivity contribution is 5.85. The van der Waals surface area contributed by atoms with Crippen molar-refractivity contribution in [1.82, 2.24) is 0 Å². The second kappa shape index (κ2) is 9.13. The monoisotopic (exact) mass is 407 g/mol. The zero-order chi connectivity index (χ0) is 19.4. The molecule has 0 unspecified atom stereocenters. The van der Waals surface area contributed by atoms with Crippen LogP contribution in [-0.2, 0) is 19.3 Å². The smallest absolute Gasteiger partial charge is 0.416 e. The van der Waals surface area contributed by atoms with Crippen LogP contribution in [0, 0.1) is 6.92 Å². The third-order valence-corrected chi connectivity index (χ3v) is 4.34. The molecule has 2 N–H and O–H groups in total. The van der Waals surface area contributed by atoms with Crippen LogP contribution in [0.5, 0.6) is 5.75 Å². The van der Waals surface area contributed by atoms with E-state index in [-0.39, 0.29) is 19.0 Å². The minimum atomic E-state index is -4.34. The first-order valence-electron chi connectivity index (χ1n) is 8.56. The lowest BCUT2D eigenvalue weighted by Crippen LogP contribution is -2.05. The summed E-state index contributed by atoms with van der Waals surface area (Å²) in [6.07, 6.45) is -4.34. The van der Waals surface area contributed by atoms with E-state index >= 15 is 0 Å². The fourth-order valence-electron chi connectivity index (χ4n) is 2.95. The molecule has 0 bridgehead atoms. The van der Waals surface area contributed by atoms with Gasteiger partial charge in [-0.1, -0.05) is 42.5 Å². The van der Waals surface area contributed by atoms with Crippen LogP contribution in [0.15, 0.2) is 66.7 Å². The van der Waals surface area contributed by atoms with Crippen molar-refractivity contribution < 1.29 is 17.9 Å². The molecular weight excluding hydrogens is 387 g/mol. The Morgan fingerprint density at radius 3 is 2.11 bits per heavy atom.